The number of pyridine rings is 1. The molecular formula is C13H9BrClINOY-. The number of nitrogens with zero attached hydrogens (tertiary/aromatic N) is 1. The maximum atomic E-state index is 12.1. The van der Waals surface area contributed by atoms with Gasteiger partial charge in [-0.05, 0) is 21.6 Å². The van der Waals surface area contributed by atoms with Crippen LogP contribution < -0.4 is 5.56 Å². The Balaban J connectivity index is 0.00000180. The Morgan fingerprint density at radius 1 is 1.47 bits per heavy atom. The predicted molar refractivity (Wildman–Crippen MR) is 86.1 cm³/mol. The molecule has 0 saturated carbocycles. The van der Waals surface area contributed by atoms with Crippen LogP contribution in [0.5, 0.6) is 0 Å². The number of aromatic nitrogens is 1. The van der Waals surface area contributed by atoms with Gasteiger partial charge in [0.1, 0.15) is 0 Å². The topological polar surface area (TPSA) is 22.0 Å². The molecular weight excluding hydrogens is 517 g/mol. The van der Waals surface area contributed by atoms with E-state index in [1.165, 1.54) is 0 Å². The van der Waals surface area contributed by atoms with E-state index in [0.29, 0.717) is 15.1 Å². The first-order chi connectivity index (χ1) is 8.54. The fourth-order valence-electron chi connectivity index (χ4n) is 1.71. The Kier molecular flexibility index (Phi) is 7.21. The summed E-state index contributed by atoms with van der Waals surface area (Å²) in [5.41, 5.74) is 1.53. The van der Waals surface area contributed by atoms with Crippen molar-refractivity contribution in [1.29, 1.82) is 0 Å². The van der Waals surface area contributed by atoms with Crippen LogP contribution in [0.1, 0.15) is 6.92 Å². The summed E-state index contributed by atoms with van der Waals surface area (Å²) < 4.78 is 3.25. The largest absolute Gasteiger partial charge is 0.342 e. The molecule has 97 valence electrons. The first-order valence-corrected chi connectivity index (χ1v) is 7.56. The van der Waals surface area contributed by atoms with Crippen LogP contribution in [0.4, 0.5) is 0 Å². The molecule has 0 aliphatic rings. The summed E-state index contributed by atoms with van der Waals surface area (Å²) in [6, 6.07) is 10.4. The van der Waals surface area contributed by atoms with Crippen molar-refractivity contribution in [1.82, 2.24) is 4.57 Å². The minimum atomic E-state index is -0.00849. The van der Waals surface area contributed by atoms with Crippen LogP contribution in [0.3, 0.4) is 0 Å². The first kappa shape index (κ1) is 17.8. The maximum Gasteiger partial charge on any atom is 0.207 e. The van der Waals surface area contributed by atoms with Gasteiger partial charge in [-0.15, -0.1) is 28.7 Å². The summed E-state index contributed by atoms with van der Waals surface area (Å²) in [6.07, 6.45) is 0. The van der Waals surface area contributed by atoms with Crippen molar-refractivity contribution in [3.05, 3.63) is 53.8 Å². The quantitative estimate of drug-likeness (QED) is 0.422. The standard InChI is InChI=1S/C13H9BrClINO.Y/c1-2-17-12(6-5-11(16)13(17)18)9-4-3-8(14)7-10(9)15;/h3-5,7H,2H2,1H3;/q-1;. The van der Waals surface area contributed by atoms with Crippen molar-refractivity contribution in [2.45, 2.75) is 13.5 Å². The molecule has 19 heavy (non-hydrogen) atoms. The summed E-state index contributed by atoms with van der Waals surface area (Å²) >= 11 is 11.6. The van der Waals surface area contributed by atoms with Gasteiger partial charge in [0.2, 0.25) is 5.56 Å². The molecule has 0 saturated heterocycles. The molecule has 1 heterocycles. The molecule has 0 bridgehead atoms. The van der Waals surface area contributed by atoms with Crippen molar-refractivity contribution < 1.29 is 32.7 Å². The van der Waals surface area contributed by atoms with E-state index >= 15 is 0 Å². The van der Waals surface area contributed by atoms with Gasteiger partial charge in [0.05, 0.1) is 0 Å². The third kappa shape index (κ3) is 3.91. The Labute approximate surface area is 164 Å². The maximum absolute atomic E-state index is 12.1. The summed E-state index contributed by atoms with van der Waals surface area (Å²) in [7, 11) is 0. The van der Waals surface area contributed by atoms with E-state index in [9.17, 15) is 4.79 Å². The van der Waals surface area contributed by atoms with Gasteiger partial charge in [-0.2, -0.15) is 12.1 Å². The second kappa shape index (κ2) is 7.69. The molecule has 2 nitrogen and oxygen atoms in total. The molecule has 0 spiro atoms. The van der Waals surface area contributed by atoms with E-state index in [1.807, 2.05) is 47.7 Å². The zero-order valence-corrected chi connectivity index (χ0v) is 17.4. The number of hydrogen-bond acceptors (Lipinski definition) is 1. The van der Waals surface area contributed by atoms with Crippen LogP contribution in [0.15, 0.2) is 33.5 Å². The minimum absolute atomic E-state index is 0. The van der Waals surface area contributed by atoms with Gasteiger partial charge in [0.25, 0.3) is 0 Å². The molecule has 0 aliphatic heterocycles. The molecule has 0 atom stereocenters. The van der Waals surface area contributed by atoms with E-state index in [2.05, 4.69) is 22.0 Å². The molecule has 6 heteroatoms. The normalized spacial score (nSPS) is 10.1. The molecule has 1 radical (unpaired) electrons. The Morgan fingerprint density at radius 3 is 2.74 bits per heavy atom. The molecule has 2 rings (SSSR count). The molecule has 0 aliphatic carbocycles. The summed E-state index contributed by atoms with van der Waals surface area (Å²) in [5, 5.41) is 0.600. The minimum Gasteiger partial charge on any atom is -0.342 e. The summed E-state index contributed by atoms with van der Waals surface area (Å²) in [4.78, 5) is 12.1. The molecule has 1 aromatic heterocycles. The third-order valence-corrected chi connectivity index (χ3v) is 4.14. The summed E-state index contributed by atoms with van der Waals surface area (Å²) in [6.45, 7) is 2.52. The van der Waals surface area contributed by atoms with E-state index in [0.717, 1.165) is 15.7 Å². The Bertz CT molecular complexity index is 660. The smallest absolute Gasteiger partial charge is 0.207 e. The van der Waals surface area contributed by atoms with Gasteiger partial charge in [-0.3, -0.25) is 4.79 Å². The van der Waals surface area contributed by atoms with Gasteiger partial charge in [0.15, 0.2) is 0 Å². The summed E-state index contributed by atoms with van der Waals surface area (Å²) in [5.74, 6) is 0. The molecule has 2 aromatic rings. The average molecular weight is 526 g/mol. The Hall–Kier alpha value is 0.774. The van der Waals surface area contributed by atoms with Crippen LogP contribution in [0.2, 0.25) is 5.02 Å². The fourth-order valence-corrected chi connectivity index (χ4v) is 2.92. The first-order valence-electron chi connectivity index (χ1n) is 5.31. The number of halogens is 3. The molecule has 0 amide bonds. The van der Waals surface area contributed by atoms with Gasteiger partial charge in [-0.1, -0.05) is 44.9 Å². The SMILES string of the molecule is CCn1c(-c2ccc(Br)cc2Cl)[c-]cc(I)c1=O.[Y]. The van der Waals surface area contributed by atoms with E-state index in [4.69, 9.17) is 11.6 Å². The Morgan fingerprint density at radius 2 is 2.16 bits per heavy atom. The van der Waals surface area contributed by atoms with E-state index < -0.39 is 0 Å². The van der Waals surface area contributed by atoms with Crippen LogP contribution in [0.25, 0.3) is 11.3 Å². The van der Waals surface area contributed by atoms with Gasteiger partial charge in [-0.25, -0.2) is 0 Å². The second-order valence-corrected chi connectivity index (χ2v) is 6.14. The van der Waals surface area contributed by atoms with Crippen molar-refractivity contribution in [3.63, 3.8) is 0 Å². The zero-order chi connectivity index (χ0) is 13.3. The van der Waals surface area contributed by atoms with Gasteiger partial charge in [0, 0.05) is 43.7 Å². The van der Waals surface area contributed by atoms with E-state index in [-0.39, 0.29) is 38.3 Å². The van der Waals surface area contributed by atoms with Crippen LogP contribution >= 0.6 is 50.1 Å². The number of hydrogen-bond donors (Lipinski definition) is 0. The number of benzene rings is 1. The number of rotatable bonds is 2. The monoisotopic (exact) mass is 525 g/mol. The van der Waals surface area contributed by atoms with Crippen molar-refractivity contribution in [3.8, 4) is 11.3 Å². The second-order valence-electron chi connectivity index (χ2n) is 3.66. The van der Waals surface area contributed by atoms with Crippen molar-refractivity contribution in [2.75, 3.05) is 0 Å². The van der Waals surface area contributed by atoms with Crippen molar-refractivity contribution in [2.24, 2.45) is 0 Å². The van der Waals surface area contributed by atoms with Gasteiger partial charge < -0.3 is 4.57 Å². The third-order valence-electron chi connectivity index (χ3n) is 2.56. The molecule has 1 aromatic carbocycles. The van der Waals surface area contributed by atoms with Crippen molar-refractivity contribution >= 4 is 50.1 Å². The average Bonchev–Trinajstić information content (AvgIpc) is 2.33. The van der Waals surface area contributed by atoms with Crippen LogP contribution in [-0.2, 0) is 39.3 Å². The van der Waals surface area contributed by atoms with Gasteiger partial charge >= 0.3 is 0 Å². The van der Waals surface area contributed by atoms with Crippen LogP contribution in [-0.4, -0.2) is 4.57 Å². The van der Waals surface area contributed by atoms with E-state index in [1.54, 1.807) is 10.6 Å². The fraction of sp³-hybridized carbons (Fsp3) is 0.154. The van der Waals surface area contributed by atoms with Crippen LogP contribution in [0, 0.1) is 9.64 Å². The molecule has 0 unspecified atom stereocenters. The zero-order valence-electron chi connectivity index (χ0n) is 10.1. The molecule has 0 N–H and O–H groups in total. The predicted octanol–water partition coefficient (Wildman–Crippen LogP) is 4.35. The molecule has 0 fully saturated rings.